The van der Waals surface area contributed by atoms with Crippen LogP contribution in [0.25, 0.3) is 0 Å². The summed E-state index contributed by atoms with van der Waals surface area (Å²) in [6.45, 7) is 1.30. The Morgan fingerprint density at radius 1 is 0.647 bits per heavy atom. The van der Waals surface area contributed by atoms with Gasteiger partial charge < -0.3 is 15.5 Å². The summed E-state index contributed by atoms with van der Waals surface area (Å²) in [4.78, 5) is 0. The van der Waals surface area contributed by atoms with E-state index in [0.29, 0.717) is 13.1 Å². The molecule has 17 heavy (non-hydrogen) atoms. The van der Waals surface area contributed by atoms with Crippen molar-refractivity contribution in [2.75, 3.05) is 13.1 Å². The number of rotatable bonds is 4. The van der Waals surface area contributed by atoms with E-state index in [4.69, 9.17) is 0 Å². The van der Waals surface area contributed by atoms with Crippen LogP contribution < -0.4 is 5.32 Å². The lowest BCUT2D eigenvalue weighted by Gasteiger charge is -2.36. The standard InChI is InChI=1S/C14H27NO2/c16-13(7-3-1-4-8-13)11-15-12-14(17)9-5-2-6-10-14/h15-17H,1-12H2. The van der Waals surface area contributed by atoms with E-state index >= 15 is 0 Å². The highest BCUT2D eigenvalue weighted by molar-refractivity contribution is 4.88. The van der Waals surface area contributed by atoms with Crippen LogP contribution in [0.3, 0.4) is 0 Å². The highest BCUT2D eigenvalue weighted by Crippen LogP contribution is 2.29. The van der Waals surface area contributed by atoms with Crippen LogP contribution in [-0.2, 0) is 0 Å². The summed E-state index contributed by atoms with van der Waals surface area (Å²) < 4.78 is 0. The van der Waals surface area contributed by atoms with E-state index in [9.17, 15) is 10.2 Å². The Kier molecular flexibility index (Phi) is 4.45. The van der Waals surface area contributed by atoms with Crippen molar-refractivity contribution in [3.05, 3.63) is 0 Å². The van der Waals surface area contributed by atoms with Gasteiger partial charge in [0.05, 0.1) is 11.2 Å². The van der Waals surface area contributed by atoms with Crippen molar-refractivity contribution in [3.8, 4) is 0 Å². The minimum Gasteiger partial charge on any atom is -0.389 e. The summed E-state index contributed by atoms with van der Waals surface area (Å²) in [7, 11) is 0. The third kappa shape index (κ3) is 3.94. The summed E-state index contributed by atoms with van der Waals surface area (Å²) in [5, 5.41) is 24.0. The van der Waals surface area contributed by atoms with Gasteiger partial charge in [-0.25, -0.2) is 0 Å². The third-order valence-corrected chi connectivity index (χ3v) is 4.48. The van der Waals surface area contributed by atoms with Crippen LogP contribution in [0.1, 0.15) is 64.2 Å². The van der Waals surface area contributed by atoms with Gasteiger partial charge in [-0.05, 0) is 25.7 Å². The van der Waals surface area contributed by atoms with E-state index < -0.39 is 11.2 Å². The highest BCUT2D eigenvalue weighted by Gasteiger charge is 2.32. The Labute approximate surface area is 105 Å². The molecule has 3 N–H and O–H groups in total. The second-order valence-corrected chi connectivity index (χ2v) is 6.17. The van der Waals surface area contributed by atoms with Gasteiger partial charge >= 0.3 is 0 Å². The molecule has 0 aliphatic heterocycles. The summed E-state index contributed by atoms with van der Waals surface area (Å²) >= 11 is 0. The van der Waals surface area contributed by atoms with Gasteiger partial charge in [0.25, 0.3) is 0 Å². The summed E-state index contributed by atoms with van der Waals surface area (Å²) in [5.41, 5.74) is -1.02. The number of hydrogen-bond acceptors (Lipinski definition) is 3. The van der Waals surface area contributed by atoms with E-state index in [1.54, 1.807) is 0 Å². The van der Waals surface area contributed by atoms with Gasteiger partial charge in [-0.1, -0.05) is 38.5 Å². The molecular formula is C14H27NO2. The molecule has 0 aromatic heterocycles. The molecule has 0 heterocycles. The van der Waals surface area contributed by atoms with Crippen molar-refractivity contribution in [1.82, 2.24) is 5.32 Å². The first kappa shape index (κ1) is 13.3. The minimum absolute atomic E-state index is 0.511. The zero-order chi connectivity index (χ0) is 12.2. The Hall–Kier alpha value is -0.120. The van der Waals surface area contributed by atoms with Gasteiger partial charge in [0, 0.05) is 13.1 Å². The van der Waals surface area contributed by atoms with Crippen LogP contribution >= 0.6 is 0 Å². The Morgan fingerprint density at radius 2 is 1.00 bits per heavy atom. The van der Waals surface area contributed by atoms with E-state index in [0.717, 1.165) is 51.4 Å². The van der Waals surface area contributed by atoms with E-state index in [2.05, 4.69) is 5.32 Å². The van der Waals surface area contributed by atoms with Crippen molar-refractivity contribution >= 4 is 0 Å². The zero-order valence-electron chi connectivity index (χ0n) is 10.9. The maximum atomic E-state index is 10.3. The molecular weight excluding hydrogens is 214 g/mol. The molecule has 0 bridgehead atoms. The molecule has 100 valence electrons. The molecule has 0 atom stereocenters. The van der Waals surface area contributed by atoms with Gasteiger partial charge in [-0.3, -0.25) is 0 Å². The lowest BCUT2D eigenvalue weighted by molar-refractivity contribution is -0.0182. The molecule has 0 spiro atoms. The van der Waals surface area contributed by atoms with Crippen molar-refractivity contribution in [2.24, 2.45) is 0 Å². The van der Waals surface area contributed by atoms with Crippen molar-refractivity contribution in [1.29, 1.82) is 0 Å². The molecule has 2 aliphatic rings. The molecule has 0 amide bonds. The Bertz CT molecular complexity index is 206. The van der Waals surface area contributed by atoms with Gasteiger partial charge in [0.1, 0.15) is 0 Å². The van der Waals surface area contributed by atoms with Gasteiger partial charge in [-0.15, -0.1) is 0 Å². The molecule has 2 saturated carbocycles. The number of aliphatic hydroxyl groups is 2. The van der Waals surface area contributed by atoms with Crippen LogP contribution in [-0.4, -0.2) is 34.5 Å². The van der Waals surface area contributed by atoms with Crippen LogP contribution in [0, 0.1) is 0 Å². The first-order chi connectivity index (χ1) is 8.12. The SMILES string of the molecule is OC1(CNCC2(O)CCCCC2)CCCCC1. The van der Waals surface area contributed by atoms with Gasteiger partial charge in [0.2, 0.25) is 0 Å². The molecule has 3 heteroatoms. The van der Waals surface area contributed by atoms with Gasteiger partial charge in [0.15, 0.2) is 0 Å². The molecule has 2 aliphatic carbocycles. The monoisotopic (exact) mass is 241 g/mol. The van der Waals surface area contributed by atoms with Crippen molar-refractivity contribution in [3.63, 3.8) is 0 Å². The highest BCUT2D eigenvalue weighted by atomic mass is 16.3. The first-order valence-corrected chi connectivity index (χ1v) is 7.28. The zero-order valence-corrected chi connectivity index (χ0v) is 10.9. The fraction of sp³-hybridized carbons (Fsp3) is 1.00. The fourth-order valence-electron chi connectivity index (χ4n) is 3.30. The number of hydrogen-bond donors (Lipinski definition) is 3. The molecule has 0 radical (unpaired) electrons. The molecule has 3 nitrogen and oxygen atoms in total. The third-order valence-electron chi connectivity index (χ3n) is 4.48. The quantitative estimate of drug-likeness (QED) is 0.705. The van der Waals surface area contributed by atoms with Crippen molar-refractivity contribution in [2.45, 2.75) is 75.4 Å². The predicted octanol–water partition coefficient (Wildman–Crippen LogP) is 1.97. The van der Waals surface area contributed by atoms with Crippen LogP contribution in [0.15, 0.2) is 0 Å². The summed E-state index contributed by atoms with van der Waals surface area (Å²) in [6.07, 6.45) is 10.7. The molecule has 0 unspecified atom stereocenters. The van der Waals surface area contributed by atoms with Gasteiger partial charge in [-0.2, -0.15) is 0 Å². The molecule has 0 saturated heterocycles. The summed E-state index contributed by atoms with van der Waals surface area (Å²) in [6, 6.07) is 0. The molecule has 2 rings (SSSR count). The normalized spacial score (nSPS) is 27.9. The number of nitrogens with one attached hydrogen (secondary N) is 1. The second kappa shape index (κ2) is 5.68. The largest absolute Gasteiger partial charge is 0.389 e. The Balaban J connectivity index is 1.70. The average Bonchev–Trinajstić information content (AvgIpc) is 2.30. The van der Waals surface area contributed by atoms with Crippen LogP contribution in [0.2, 0.25) is 0 Å². The minimum atomic E-state index is -0.511. The first-order valence-electron chi connectivity index (χ1n) is 7.28. The molecule has 0 aromatic rings. The maximum absolute atomic E-state index is 10.3. The Morgan fingerprint density at radius 3 is 1.35 bits per heavy atom. The van der Waals surface area contributed by atoms with E-state index in [1.807, 2.05) is 0 Å². The lowest BCUT2D eigenvalue weighted by atomic mass is 9.83. The summed E-state index contributed by atoms with van der Waals surface area (Å²) in [5.74, 6) is 0. The fourth-order valence-corrected chi connectivity index (χ4v) is 3.30. The van der Waals surface area contributed by atoms with Crippen LogP contribution in [0.5, 0.6) is 0 Å². The smallest absolute Gasteiger partial charge is 0.0771 e. The lowest BCUT2D eigenvalue weighted by Crippen LogP contribution is -2.48. The molecule has 2 fully saturated rings. The van der Waals surface area contributed by atoms with E-state index in [1.165, 1.54) is 12.8 Å². The maximum Gasteiger partial charge on any atom is 0.0771 e. The van der Waals surface area contributed by atoms with Crippen molar-refractivity contribution < 1.29 is 10.2 Å². The van der Waals surface area contributed by atoms with E-state index in [-0.39, 0.29) is 0 Å². The second-order valence-electron chi connectivity index (χ2n) is 6.17. The molecule has 0 aromatic carbocycles. The predicted molar refractivity (Wildman–Crippen MR) is 68.9 cm³/mol. The topological polar surface area (TPSA) is 52.5 Å². The van der Waals surface area contributed by atoms with Crippen LogP contribution in [0.4, 0.5) is 0 Å². The average molecular weight is 241 g/mol.